The van der Waals surface area contributed by atoms with Crippen LogP contribution in [0, 0.1) is 6.67 Å². The molecule has 0 saturated heterocycles. The Morgan fingerprint density at radius 1 is 1.06 bits per heavy atom. The Morgan fingerprint density at radius 2 is 1.67 bits per heavy atom. The normalized spacial score (nSPS) is 12.9. The second kappa shape index (κ2) is 6.51. The monoisotopic (exact) mass is 445 g/mol. The van der Waals surface area contributed by atoms with Gasteiger partial charge in [0.05, 0.1) is 0 Å². The standard InChI is InChI=1S/C12H11N4.Ag.HI/c1-15-9-16(10-5-3-2-4-6-10)12-11(15)13-7-8-14-12;;/h2-9H,1H3;;1H/q-1;+1;/p-1. The number of halogens is 1. The summed E-state index contributed by atoms with van der Waals surface area (Å²) in [6.45, 7) is 1.99. The van der Waals surface area contributed by atoms with Crippen LogP contribution in [0.4, 0.5) is 17.3 Å². The Bertz CT molecular complexity index is 508. The van der Waals surface area contributed by atoms with Crippen molar-refractivity contribution >= 4 is 36.3 Å². The van der Waals surface area contributed by atoms with E-state index in [0.29, 0.717) is 0 Å². The number of aromatic nitrogens is 2. The maximum atomic E-state index is 4.36. The molecule has 2 heterocycles. The van der Waals surface area contributed by atoms with E-state index < -0.39 is 0 Å². The Hall–Kier alpha value is -0.630. The van der Waals surface area contributed by atoms with Crippen LogP contribution in [-0.4, -0.2) is 17.0 Å². The summed E-state index contributed by atoms with van der Waals surface area (Å²) in [5, 5.41) is 0. The van der Waals surface area contributed by atoms with Crippen molar-refractivity contribution in [1.82, 2.24) is 9.97 Å². The first-order chi connectivity index (χ1) is 8.86. The van der Waals surface area contributed by atoms with E-state index in [9.17, 15) is 0 Å². The molecule has 1 aromatic heterocycles. The second-order valence-electron chi connectivity index (χ2n) is 3.64. The number of nitrogens with zero attached hydrogens (tertiary/aromatic N) is 4. The fourth-order valence-corrected chi connectivity index (χ4v) is 1.80. The molecule has 0 aliphatic carbocycles. The average molecular weight is 446 g/mol. The predicted octanol–water partition coefficient (Wildman–Crippen LogP) is 3.07. The zero-order valence-corrected chi connectivity index (χ0v) is 13.2. The number of fused-ring (bicyclic) bond motifs is 1. The molecule has 1 aliphatic rings. The van der Waals surface area contributed by atoms with Gasteiger partial charge >= 0.3 is 36.3 Å². The zero-order chi connectivity index (χ0) is 13.0. The molecular weight excluding hydrogens is 435 g/mol. The van der Waals surface area contributed by atoms with Crippen molar-refractivity contribution in [2.45, 2.75) is 0 Å². The van der Waals surface area contributed by atoms with Crippen molar-refractivity contribution in [3.63, 3.8) is 0 Å². The van der Waals surface area contributed by atoms with Gasteiger partial charge in [0.25, 0.3) is 0 Å². The molecule has 98 valence electrons. The number of hydrogen-bond donors (Lipinski definition) is 0. The molecule has 0 radical (unpaired) electrons. The van der Waals surface area contributed by atoms with E-state index >= 15 is 0 Å². The quantitative estimate of drug-likeness (QED) is 0.383. The van der Waals surface area contributed by atoms with Gasteiger partial charge in [-0.25, -0.2) is 9.97 Å². The third-order valence-corrected chi connectivity index (χ3v) is 2.55. The van der Waals surface area contributed by atoms with Crippen LogP contribution in [0.15, 0.2) is 42.7 Å². The summed E-state index contributed by atoms with van der Waals surface area (Å²) >= 11 is 4.88. The summed E-state index contributed by atoms with van der Waals surface area (Å²) < 4.78 is 0. The number of rotatable bonds is 1. The summed E-state index contributed by atoms with van der Waals surface area (Å²) in [7, 11) is 1.97. The minimum absolute atomic E-state index is 0.871. The van der Waals surface area contributed by atoms with E-state index in [1.165, 1.54) is 0 Å². The van der Waals surface area contributed by atoms with Crippen LogP contribution in [0.3, 0.4) is 0 Å². The molecule has 1 aromatic carbocycles. The predicted molar refractivity (Wildman–Crippen MR) is 77.3 cm³/mol. The van der Waals surface area contributed by atoms with E-state index in [-0.39, 0.29) is 0 Å². The van der Waals surface area contributed by atoms with Crippen LogP contribution < -0.4 is 9.80 Å². The Morgan fingerprint density at radius 3 is 2.33 bits per heavy atom. The van der Waals surface area contributed by atoms with Gasteiger partial charge in [-0.2, -0.15) is 0 Å². The molecule has 18 heavy (non-hydrogen) atoms. The van der Waals surface area contributed by atoms with Crippen LogP contribution in [0.5, 0.6) is 0 Å². The Kier molecular flexibility index (Phi) is 4.99. The van der Waals surface area contributed by atoms with E-state index in [2.05, 4.69) is 27.2 Å². The summed E-state index contributed by atoms with van der Waals surface area (Å²) in [4.78, 5) is 12.7. The van der Waals surface area contributed by atoms with Crippen LogP contribution in [-0.2, 0) is 17.3 Å². The molecule has 0 amide bonds. The van der Waals surface area contributed by atoms with Crippen LogP contribution in [0.2, 0.25) is 0 Å². The second-order valence-corrected chi connectivity index (χ2v) is 3.64. The van der Waals surface area contributed by atoms with Crippen molar-refractivity contribution in [2.75, 3.05) is 16.8 Å². The molecule has 4 nitrogen and oxygen atoms in total. The summed E-state index contributed by atoms with van der Waals surface area (Å²) in [6, 6.07) is 10.1. The van der Waals surface area contributed by atoms with E-state index in [1.807, 2.05) is 72.9 Å². The zero-order valence-electron chi connectivity index (χ0n) is 9.59. The van der Waals surface area contributed by atoms with Gasteiger partial charge in [0, 0.05) is 18.1 Å². The molecule has 2 aromatic rings. The number of hydrogen-bond acceptors (Lipinski definition) is 4. The molecule has 0 saturated carbocycles. The molecule has 0 atom stereocenters. The summed E-state index contributed by atoms with van der Waals surface area (Å²) in [5.41, 5.74) is 1.09. The first kappa shape index (κ1) is 13.8. The molecular formula is C12H11AgIN4-. The van der Waals surface area contributed by atoms with Crippen molar-refractivity contribution in [2.24, 2.45) is 0 Å². The van der Waals surface area contributed by atoms with Crippen molar-refractivity contribution in [3.8, 4) is 0 Å². The fourth-order valence-electron chi connectivity index (χ4n) is 1.80. The van der Waals surface area contributed by atoms with Gasteiger partial charge in [0.2, 0.25) is 0 Å². The van der Waals surface area contributed by atoms with Gasteiger partial charge in [-0.15, -0.1) is 6.67 Å². The van der Waals surface area contributed by atoms with Crippen molar-refractivity contribution in [3.05, 3.63) is 49.4 Å². The van der Waals surface area contributed by atoms with Gasteiger partial charge in [0.15, 0.2) is 0 Å². The van der Waals surface area contributed by atoms with Crippen LogP contribution in [0.25, 0.3) is 0 Å². The molecule has 0 fully saturated rings. The van der Waals surface area contributed by atoms with Gasteiger partial charge in [0.1, 0.15) is 11.6 Å². The van der Waals surface area contributed by atoms with Crippen LogP contribution >= 0.6 is 19.0 Å². The van der Waals surface area contributed by atoms with Crippen molar-refractivity contribution < 1.29 is 17.3 Å². The molecule has 0 N–H and O–H groups in total. The number of benzene rings is 1. The van der Waals surface area contributed by atoms with Gasteiger partial charge < -0.3 is 9.80 Å². The van der Waals surface area contributed by atoms with Gasteiger partial charge in [-0.05, 0) is 19.2 Å². The fraction of sp³-hybridized carbons (Fsp3) is 0.0833. The number of anilines is 3. The molecule has 0 bridgehead atoms. The van der Waals surface area contributed by atoms with E-state index in [4.69, 9.17) is 0 Å². The third-order valence-electron chi connectivity index (χ3n) is 2.55. The van der Waals surface area contributed by atoms with Crippen molar-refractivity contribution in [1.29, 1.82) is 0 Å². The third kappa shape index (κ3) is 2.69. The average Bonchev–Trinajstić information content (AvgIpc) is 2.80. The molecule has 6 heteroatoms. The molecule has 3 rings (SSSR count). The summed E-state index contributed by atoms with van der Waals surface area (Å²) in [6.07, 6.45) is 3.42. The minimum atomic E-state index is 0.871. The first-order valence-electron chi connectivity index (χ1n) is 5.21. The van der Waals surface area contributed by atoms with Gasteiger partial charge in [-0.3, -0.25) is 0 Å². The van der Waals surface area contributed by atoms with Gasteiger partial charge in [-0.1, -0.05) is 18.2 Å². The van der Waals surface area contributed by atoms with Crippen LogP contribution in [0.1, 0.15) is 0 Å². The molecule has 0 unspecified atom stereocenters. The molecule has 1 aliphatic heterocycles. The Labute approximate surface area is 129 Å². The molecule has 0 spiro atoms. The maximum absolute atomic E-state index is 4.36. The SMILES string of the molecule is CN1[CH-]N(c2ccccc2)c2nccnc21.[Ag][I]. The topological polar surface area (TPSA) is 32.3 Å². The first-order valence-corrected chi connectivity index (χ1v) is 9.61. The summed E-state index contributed by atoms with van der Waals surface area (Å²) in [5.74, 6) is 1.75. The number of para-hydroxylation sites is 1. The van der Waals surface area contributed by atoms with E-state index in [0.717, 1.165) is 17.3 Å². The van der Waals surface area contributed by atoms with E-state index in [1.54, 1.807) is 12.4 Å². The Balaban J connectivity index is 0.000000574.